The minimum Gasteiger partial charge on any atom is -0.507 e. The fourth-order valence-electron chi connectivity index (χ4n) is 5.91. The Morgan fingerprint density at radius 1 is 1.07 bits per heavy atom. The Hall–Kier alpha value is -4.68. The van der Waals surface area contributed by atoms with Crippen molar-refractivity contribution in [3.8, 4) is 11.5 Å². The molecule has 8 N–H and O–H groups in total. The van der Waals surface area contributed by atoms with Gasteiger partial charge in [-0.1, -0.05) is 18.2 Å². The largest absolute Gasteiger partial charge is 0.507 e. The quantitative estimate of drug-likeness (QED) is 0.228. The third-order valence-electron chi connectivity index (χ3n) is 7.80. The van der Waals surface area contributed by atoms with E-state index >= 15 is 0 Å². The molecule has 2 aliphatic carbocycles. The van der Waals surface area contributed by atoms with Crippen molar-refractivity contribution >= 4 is 45.7 Å². The van der Waals surface area contributed by atoms with Crippen LogP contribution < -0.4 is 21.3 Å². The number of Topliss-reactive ketones (excluding diaryl/α,β-unsaturated/α-hetero) is 2. The summed E-state index contributed by atoms with van der Waals surface area (Å²) in [5.74, 6) is -7.84. The molecule has 1 fully saturated rings. The van der Waals surface area contributed by atoms with Crippen LogP contribution in [0, 0.1) is 11.8 Å². The zero-order chi connectivity index (χ0) is 29.1. The van der Waals surface area contributed by atoms with Gasteiger partial charge < -0.3 is 41.7 Å². The SMILES string of the molecule is CN(C)c1ccc(O)c2c(O)c3c(cc12)C[C@H]1C(NC(=O)Nc2ccccc2)C(=O)C(C(N)=O)C(O)[C@@]1(O)C3=O. The summed E-state index contributed by atoms with van der Waals surface area (Å²) in [4.78, 5) is 54.2. The number of aromatic hydroxyl groups is 2. The molecule has 0 radical (unpaired) electrons. The molecule has 208 valence electrons. The number of hydrogen-bond donors (Lipinski definition) is 7. The van der Waals surface area contributed by atoms with Gasteiger partial charge in [0.1, 0.15) is 23.5 Å². The van der Waals surface area contributed by atoms with Crippen LogP contribution in [0.2, 0.25) is 0 Å². The van der Waals surface area contributed by atoms with E-state index in [-0.39, 0.29) is 28.7 Å². The number of hydrogen-bond acceptors (Lipinski definition) is 9. The molecule has 12 nitrogen and oxygen atoms in total. The first-order chi connectivity index (χ1) is 18.9. The van der Waals surface area contributed by atoms with E-state index in [1.165, 1.54) is 6.07 Å². The number of aliphatic hydroxyl groups is 2. The van der Waals surface area contributed by atoms with Crippen LogP contribution in [0.3, 0.4) is 0 Å². The number of phenolic OH excluding ortho intramolecular Hbond substituents is 2. The fourth-order valence-corrected chi connectivity index (χ4v) is 5.91. The van der Waals surface area contributed by atoms with Gasteiger partial charge >= 0.3 is 6.03 Å². The van der Waals surface area contributed by atoms with Crippen molar-refractivity contribution < 1.29 is 39.6 Å². The number of carbonyl (C=O) groups is 4. The number of nitrogens with two attached hydrogens (primary N) is 1. The van der Waals surface area contributed by atoms with Crippen molar-refractivity contribution in [1.29, 1.82) is 0 Å². The molecule has 2 aliphatic rings. The van der Waals surface area contributed by atoms with E-state index < -0.39 is 58.8 Å². The summed E-state index contributed by atoms with van der Waals surface area (Å²) in [6, 6.07) is 10.3. The van der Waals surface area contributed by atoms with Crippen LogP contribution in [0.1, 0.15) is 15.9 Å². The molecule has 0 saturated heterocycles. The lowest BCUT2D eigenvalue weighted by atomic mass is 9.57. The number of phenols is 2. The molecule has 1 saturated carbocycles. The van der Waals surface area contributed by atoms with Crippen LogP contribution in [0.5, 0.6) is 11.5 Å². The van der Waals surface area contributed by atoms with E-state index in [0.29, 0.717) is 16.8 Å². The zero-order valence-electron chi connectivity index (χ0n) is 21.6. The van der Waals surface area contributed by atoms with E-state index in [1.807, 2.05) is 0 Å². The number of primary amides is 1. The molecule has 12 heteroatoms. The van der Waals surface area contributed by atoms with Crippen molar-refractivity contribution in [3.05, 3.63) is 59.7 Å². The number of aliphatic hydroxyl groups excluding tert-OH is 1. The third-order valence-corrected chi connectivity index (χ3v) is 7.80. The summed E-state index contributed by atoms with van der Waals surface area (Å²) in [5.41, 5.74) is 3.44. The second-order valence-electron chi connectivity index (χ2n) is 10.3. The maximum atomic E-state index is 13.9. The molecule has 0 spiro atoms. The van der Waals surface area contributed by atoms with Gasteiger partial charge in [0.05, 0.1) is 17.0 Å². The number of fused-ring (bicyclic) bond motifs is 3. The van der Waals surface area contributed by atoms with Gasteiger partial charge in [0.15, 0.2) is 11.4 Å². The summed E-state index contributed by atoms with van der Waals surface area (Å²) in [6.07, 6.45) is -2.51. The smallest absolute Gasteiger partial charge is 0.319 e. The van der Waals surface area contributed by atoms with Crippen LogP contribution in [-0.2, 0) is 16.0 Å². The van der Waals surface area contributed by atoms with Crippen LogP contribution in [0.4, 0.5) is 16.2 Å². The second-order valence-corrected chi connectivity index (χ2v) is 10.3. The van der Waals surface area contributed by atoms with Gasteiger partial charge in [0, 0.05) is 36.8 Å². The summed E-state index contributed by atoms with van der Waals surface area (Å²) < 4.78 is 0. The molecule has 5 atom stereocenters. The van der Waals surface area contributed by atoms with Gasteiger partial charge in [0.25, 0.3) is 0 Å². The number of anilines is 2. The highest BCUT2D eigenvalue weighted by atomic mass is 16.4. The average molecular weight is 549 g/mol. The molecule has 3 aromatic rings. The topological polar surface area (TPSA) is 203 Å². The molecule has 3 amide bonds. The Morgan fingerprint density at radius 2 is 1.75 bits per heavy atom. The van der Waals surface area contributed by atoms with E-state index in [9.17, 15) is 39.6 Å². The van der Waals surface area contributed by atoms with Gasteiger partial charge in [-0.25, -0.2) is 4.79 Å². The van der Waals surface area contributed by atoms with Crippen LogP contribution in [-0.4, -0.2) is 75.8 Å². The summed E-state index contributed by atoms with van der Waals surface area (Å²) in [5, 5.41) is 49.9. The normalized spacial score (nSPS) is 25.6. The number of carbonyl (C=O) groups excluding carboxylic acids is 4. The van der Waals surface area contributed by atoms with Crippen LogP contribution in [0.25, 0.3) is 10.8 Å². The first-order valence-electron chi connectivity index (χ1n) is 12.5. The molecular formula is C28H28N4O8. The minimum atomic E-state index is -2.79. The molecule has 0 heterocycles. The van der Waals surface area contributed by atoms with E-state index in [2.05, 4.69) is 10.6 Å². The van der Waals surface area contributed by atoms with Crippen molar-refractivity contribution in [3.63, 3.8) is 0 Å². The molecule has 5 rings (SSSR count). The summed E-state index contributed by atoms with van der Waals surface area (Å²) in [7, 11) is 3.50. The predicted molar refractivity (Wildman–Crippen MR) is 144 cm³/mol. The second kappa shape index (κ2) is 9.50. The third kappa shape index (κ3) is 3.91. The Balaban J connectivity index is 1.66. The lowest BCUT2D eigenvalue weighted by Gasteiger charge is -2.50. The number of amides is 3. The van der Waals surface area contributed by atoms with E-state index in [1.54, 1.807) is 61.5 Å². The number of nitrogens with zero attached hydrogens (tertiary/aromatic N) is 1. The molecule has 3 aromatic carbocycles. The number of benzene rings is 3. The highest BCUT2D eigenvalue weighted by molar-refractivity contribution is 6.17. The Labute approximate surface area is 228 Å². The Morgan fingerprint density at radius 3 is 2.38 bits per heavy atom. The Kier molecular flexibility index (Phi) is 6.39. The molecular weight excluding hydrogens is 520 g/mol. The van der Waals surface area contributed by atoms with Crippen molar-refractivity contribution in [2.45, 2.75) is 24.2 Å². The molecule has 0 aromatic heterocycles. The van der Waals surface area contributed by atoms with E-state index in [0.717, 1.165) is 0 Å². The fraction of sp³-hybridized carbons (Fsp3) is 0.286. The highest BCUT2D eigenvalue weighted by Crippen LogP contribution is 2.50. The summed E-state index contributed by atoms with van der Waals surface area (Å²) >= 11 is 0. The van der Waals surface area contributed by atoms with Crippen molar-refractivity contribution in [1.82, 2.24) is 5.32 Å². The monoisotopic (exact) mass is 548 g/mol. The number of ketones is 2. The number of urea groups is 1. The van der Waals surface area contributed by atoms with Gasteiger partial charge in [-0.2, -0.15) is 0 Å². The van der Waals surface area contributed by atoms with Gasteiger partial charge in [-0.3, -0.25) is 14.4 Å². The maximum Gasteiger partial charge on any atom is 0.319 e. The lowest BCUT2D eigenvalue weighted by Crippen LogP contribution is -2.74. The number of nitrogens with one attached hydrogen (secondary N) is 2. The molecule has 0 aliphatic heterocycles. The highest BCUT2D eigenvalue weighted by Gasteiger charge is 2.66. The predicted octanol–water partition coefficient (Wildman–Crippen LogP) is 0.638. The average Bonchev–Trinajstić information content (AvgIpc) is 2.88. The zero-order valence-corrected chi connectivity index (χ0v) is 21.6. The van der Waals surface area contributed by atoms with E-state index in [4.69, 9.17) is 5.73 Å². The van der Waals surface area contributed by atoms with Gasteiger partial charge in [0.2, 0.25) is 11.7 Å². The van der Waals surface area contributed by atoms with Gasteiger partial charge in [-0.15, -0.1) is 0 Å². The first-order valence-corrected chi connectivity index (χ1v) is 12.5. The van der Waals surface area contributed by atoms with Crippen molar-refractivity contribution in [2.24, 2.45) is 17.6 Å². The molecule has 0 bridgehead atoms. The minimum absolute atomic E-state index is 0.0508. The van der Waals surface area contributed by atoms with Gasteiger partial charge in [-0.05, 0) is 42.3 Å². The van der Waals surface area contributed by atoms with Crippen LogP contribution >= 0.6 is 0 Å². The summed E-state index contributed by atoms with van der Waals surface area (Å²) in [6.45, 7) is 0. The van der Waals surface area contributed by atoms with Crippen LogP contribution in [0.15, 0.2) is 48.5 Å². The lowest BCUT2D eigenvalue weighted by molar-refractivity contribution is -0.168. The number of para-hydroxylation sites is 1. The molecule has 3 unspecified atom stereocenters. The molecule has 40 heavy (non-hydrogen) atoms. The first kappa shape index (κ1) is 26.9. The Bertz CT molecular complexity index is 1570. The number of rotatable bonds is 4. The standard InChI is InChI=1S/C28H28N4O8/c1-32(2)16-8-9-17(33)19-14(16)10-12-11-15-21(31-27(39)30-13-6-4-3-5-7-13)23(35)20(26(29)38)25(37)28(15,40)24(36)18(12)22(19)34/h3-10,15,20-21,25,33-34,37,40H,11H2,1-2H3,(H2,29,38)(H2,30,31,39)/t15-,20?,21?,25?,28-/m0/s1. The maximum absolute atomic E-state index is 13.9. The van der Waals surface area contributed by atoms with Crippen molar-refractivity contribution in [2.75, 3.05) is 24.3 Å².